The molecule has 1 aliphatic heterocycles. The predicted octanol–water partition coefficient (Wildman–Crippen LogP) is -0.144. The summed E-state index contributed by atoms with van der Waals surface area (Å²) >= 11 is 0. The first-order valence-electron chi connectivity index (χ1n) is 2.46. The van der Waals surface area contributed by atoms with Crippen LogP contribution in [0.2, 0.25) is 0 Å². The van der Waals surface area contributed by atoms with Crippen molar-refractivity contribution in [3.63, 3.8) is 0 Å². The Balaban J connectivity index is 2.34. The fraction of sp³-hybridized carbons (Fsp3) is 0.400. The highest BCUT2D eigenvalue weighted by Crippen LogP contribution is 1.99. The van der Waals surface area contributed by atoms with E-state index in [0.717, 1.165) is 5.57 Å². The fourth-order valence-electron chi connectivity index (χ4n) is 0.507. The summed E-state index contributed by atoms with van der Waals surface area (Å²) in [4.78, 5) is 0. The topological polar surface area (TPSA) is 46.7 Å². The van der Waals surface area contributed by atoms with Gasteiger partial charge in [0, 0.05) is 6.61 Å². The van der Waals surface area contributed by atoms with Crippen LogP contribution in [-0.2, 0) is 0 Å². The monoisotopic (exact) mass is 111 g/mol. The van der Waals surface area contributed by atoms with Gasteiger partial charge in [0.25, 0.3) is 0 Å². The third-order valence-corrected chi connectivity index (χ3v) is 0.914. The second-order valence-corrected chi connectivity index (χ2v) is 1.54. The molecule has 0 saturated carbocycles. The van der Waals surface area contributed by atoms with E-state index < -0.39 is 0 Å². The summed E-state index contributed by atoms with van der Waals surface area (Å²) in [7, 11) is 0. The van der Waals surface area contributed by atoms with Gasteiger partial charge in [-0.3, -0.25) is 0 Å². The number of nitrogens with zero attached hydrogens (tertiary/aromatic N) is 2. The molecule has 0 aliphatic carbocycles. The van der Waals surface area contributed by atoms with Gasteiger partial charge in [0.2, 0.25) is 0 Å². The summed E-state index contributed by atoms with van der Waals surface area (Å²) < 4.78 is 0. The van der Waals surface area contributed by atoms with E-state index in [4.69, 9.17) is 5.11 Å². The molecule has 1 heterocycles. The van der Waals surface area contributed by atoms with E-state index in [1.807, 2.05) is 0 Å². The maximum Gasteiger partial charge on any atom is 0.0544 e. The average Bonchev–Trinajstić information content (AvgIpc) is 2.19. The summed E-state index contributed by atoms with van der Waals surface area (Å²) in [6.07, 6.45) is 3.96. The van der Waals surface area contributed by atoms with Gasteiger partial charge in [-0.15, -0.1) is 0 Å². The smallest absolute Gasteiger partial charge is 0.0544 e. The molecule has 1 N–H and O–H groups in total. The maximum atomic E-state index is 8.38. The van der Waals surface area contributed by atoms with Gasteiger partial charge in [0.1, 0.15) is 0 Å². The molecule has 8 heavy (non-hydrogen) atoms. The van der Waals surface area contributed by atoms with Crippen LogP contribution in [0, 0.1) is 0 Å². The van der Waals surface area contributed by atoms with Crippen LogP contribution in [0.5, 0.6) is 0 Å². The first-order chi connectivity index (χ1) is 3.93. The number of aliphatic hydroxyl groups excluding tert-OH is 1. The molecule has 3 heteroatoms. The van der Waals surface area contributed by atoms with Crippen LogP contribution in [0.4, 0.5) is 0 Å². The quantitative estimate of drug-likeness (QED) is 0.529. The molecule has 0 saturated heterocycles. The van der Waals surface area contributed by atoms with Crippen LogP contribution in [0.15, 0.2) is 16.9 Å². The Hall–Kier alpha value is -0.830. The highest BCUT2D eigenvalue weighted by molar-refractivity contribution is 5.79. The normalized spacial score (nSPS) is 15.9. The Morgan fingerprint density at radius 1 is 1.62 bits per heavy atom. The van der Waals surface area contributed by atoms with Crippen LogP contribution in [0.1, 0.15) is 6.42 Å². The Morgan fingerprint density at radius 2 is 2.50 bits per heavy atom. The molecule has 1 rings (SSSR count). The van der Waals surface area contributed by atoms with E-state index in [0.29, 0.717) is 6.42 Å². The summed E-state index contributed by atoms with van der Waals surface area (Å²) in [5.41, 5.74) is 4.57. The minimum atomic E-state index is 0.174. The lowest BCUT2D eigenvalue weighted by molar-refractivity contribution is 0.301. The summed E-state index contributed by atoms with van der Waals surface area (Å²) in [5, 5.41) is 12.0. The first kappa shape index (κ1) is 5.31. The Bertz CT molecular complexity index is 128. The van der Waals surface area contributed by atoms with Crippen molar-refractivity contribution in [1.82, 2.24) is 5.43 Å². The molecule has 0 fully saturated rings. The zero-order valence-corrected chi connectivity index (χ0v) is 4.41. The SMILES string of the molecule is OCCC1=C[N]N=C1. The largest absolute Gasteiger partial charge is 0.396 e. The van der Waals surface area contributed by atoms with E-state index >= 15 is 0 Å². The fourth-order valence-corrected chi connectivity index (χ4v) is 0.507. The zero-order chi connectivity index (χ0) is 5.82. The molecule has 3 nitrogen and oxygen atoms in total. The molecule has 1 aliphatic rings. The number of hydrogen-bond donors (Lipinski definition) is 1. The van der Waals surface area contributed by atoms with Crippen molar-refractivity contribution in [3.8, 4) is 0 Å². The van der Waals surface area contributed by atoms with Crippen LogP contribution in [0.25, 0.3) is 0 Å². The van der Waals surface area contributed by atoms with E-state index in [9.17, 15) is 0 Å². The van der Waals surface area contributed by atoms with Crippen LogP contribution in [-0.4, -0.2) is 17.9 Å². The molecule has 0 atom stereocenters. The lowest BCUT2D eigenvalue weighted by atomic mass is 10.2. The Labute approximate surface area is 47.7 Å². The molecule has 0 spiro atoms. The second-order valence-electron chi connectivity index (χ2n) is 1.54. The number of aliphatic hydroxyl groups is 1. The lowest BCUT2D eigenvalue weighted by Gasteiger charge is -1.86. The van der Waals surface area contributed by atoms with Crippen molar-refractivity contribution in [1.29, 1.82) is 0 Å². The Morgan fingerprint density at radius 3 is 3.00 bits per heavy atom. The van der Waals surface area contributed by atoms with Crippen molar-refractivity contribution in [2.24, 2.45) is 5.10 Å². The molecule has 43 valence electrons. The van der Waals surface area contributed by atoms with Crippen molar-refractivity contribution in [2.45, 2.75) is 6.42 Å². The predicted molar refractivity (Wildman–Crippen MR) is 30.4 cm³/mol. The van der Waals surface area contributed by atoms with Crippen LogP contribution >= 0.6 is 0 Å². The van der Waals surface area contributed by atoms with E-state index in [1.165, 1.54) is 0 Å². The molecule has 0 amide bonds. The van der Waals surface area contributed by atoms with Gasteiger partial charge >= 0.3 is 0 Å². The molecule has 0 unspecified atom stereocenters. The average molecular weight is 111 g/mol. The summed E-state index contributed by atoms with van der Waals surface area (Å²) in [5.74, 6) is 0. The third kappa shape index (κ3) is 1.07. The number of hydrogen-bond acceptors (Lipinski definition) is 2. The van der Waals surface area contributed by atoms with Gasteiger partial charge in [-0.2, -0.15) is 10.5 Å². The van der Waals surface area contributed by atoms with Crippen molar-refractivity contribution in [3.05, 3.63) is 11.8 Å². The zero-order valence-electron chi connectivity index (χ0n) is 4.41. The molecule has 0 bridgehead atoms. The maximum absolute atomic E-state index is 8.38. The van der Waals surface area contributed by atoms with E-state index in [1.54, 1.807) is 12.4 Å². The van der Waals surface area contributed by atoms with E-state index in [-0.39, 0.29) is 6.61 Å². The first-order valence-corrected chi connectivity index (χ1v) is 2.46. The molecular weight excluding hydrogens is 104 g/mol. The van der Waals surface area contributed by atoms with Crippen molar-refractivity contribution in [2.75, 3.05) is 6.61 Å². The van der Waals surface area contributed by atoms with Gasteiger partial charge in [-0.25, -0.2) is 0 Å². The second kappa shape index (κ2) is 2.47. The standard InChI is InChI=1S/C5H7N2O/c8-2-1-5-3-6-7-4-5/h3-4,8H,1-2H2. The minimum Gasteiger partial charge on any atom is -0.396 e. The minimum absolute atomic E-state index is 0.174. The van der Waals surface area contributed by atoms with Crippen LogP contribution < -0.4 is 5.43 Å². The third-order valence-electron chi connectivity index (χ3n) is 0.914. The highest BCUT2D eigenvalue weighted by atomic mass is 16.2. The van der Waals surface area contributed by atoms with Gasteiger partial charge in [-0.05, 0) is 12.0 Å². The van der Waals surface area contributed by atoms with Gasteiger partial charge < -0.3 is 5.11 Å². The van der Waals surface area contributed by atoms with Gasteiger partial charge in [0.15, 0.2) is 0 Å². The van der Waals surface area contributed by atoms with E-state index in [2.05, 4.69) is 10.5 Å². The van der Waals surface area contributed by atoms with Crippen molar-refractivity contribution >= 4 is 6.21 Å². The van der Waals surface area contributed by atoms with Gasteiger partial charge in [-0.1, -0.05) is 0 Å². The van der Waals surface area contributed by atoms with Crippen molar-refractivity contribution < 1.29 is 5.11 Å². The van der Waals surface area contributed by atoms with Crippen LogP contribution in [0.3, 0.4) is 0 Å². The lowest BCUT2D eigenvalue weighted by Crippen LogP contribution is -1.86. The summed E-state index contributed by atoms with van der Waals surface area (Å²) in [6, 6.07) is 0. The molecule has 0 aromatic heterocycles. The summed E-state index contributed by atoms with van der Waals surface area (Å²) in [6.45, 7) is 0.174. The molecular formula is C5H7N2O. The highest BCUT2D eigenvalue weighted by Gasteiger charge is 1.96. The Kier molecular flexibility index (Phi) is 1.64. The molecule has 0 aromatic carbocycles. The number of rotatable bonds is 2. The molecule has 1 radical (unpaired) electrons. The van der Waals surface area contributed by atoms with Gasteiger partial charge in [0.05, 0.1) is 12.4 Å². The molecule has 0 aromatic rings.